The molecule has 0 atom stereocenters. The van der Waals surface area contributed by atoms with Crippen molar-refractivity contribution in [2.24, 2.45) is 0 Å². The lowest BCUT2D eigenvalue weighted by atomic mass is 10.0. The van der Waals surface area contributed by atoms with Crippen LogP contribution in [0.2, 0.25) is 0 Å². The Kier molecular flexibility index (Phi) is 6.50. The average molecular weight is 430 g/mol. The monoisotopic (exact) mass is 429 g/mol. The molecule has 0 spiro atoms. The summed E-state index contributed by atoms with van der Waals surface area (Å²) in [7, 11) is 0. The molecule has 2 heterocycles. The van der Waals surface area contributed by atoms with Crippen LogP contribution in [-0.4, -0.2) is 4.98 Å². The molecule has 0 bridgehead atoms. The van der Waals surface area contributed by atoms with E-state index < -0.39 is 0 Å². The van der Waals surface area contributed by atoms with Crippen LogP contribution in [0.1, 0.15) is 50.8 Å². The third-order valence-corrected chi connectivity index (χ3v) is 7.75. The van der Waals surface area contributed by atoms with E-state index in [9.17, 15) is 0 Å². The number of nitrogens with zero attached hydrogens (tertiary/aromatic N) is 1. The number of rotatable bonds is 2. The fourth-order valence-corrected chi connectivity index (χ4v) is 5.96. The molecule has 0 aliphatic carbocycles. The van der Waals surface area contributed by atoms with Gasteiger partial charge >= 0.3 is 0 Å². The third-order valence-electron chi connectivity index (χ3n) is 5.12. The Balaban J connectivity index is 0.000000151. The number of fused-ring (bicyclic) bond motifs is 3. The average Bonchev–Trinajstić information content (AvgIpc) is 2.77. The number of pyridine rings is 1. The predicted molar refractivity (Wildman–Crippen MR) is 131 cm³/mol. The number of benzene rings is 3. The summed E-state index contributed by atoms with van der Waals surface area (Å²) in [6.07, 6.45) is 0. The van der Waals surface area contributed by atoms with Gasteiger partial charge in [0, 0.05) is 30.7 Å². The van der Waals surface area contributed by atoms with E-state index in [0.29, 0.717) is 11.8 Å². The van der Waals surface area contributed by atoms with Gasteiger partial charge in [0.15, 0.2) is 0 Å². The van der Waals surface area contributed by atoms with Gasteiger partial charge in [-0.05, 0) is 47.7 Å². The summed E-state index contributed by atoms with van der Waals surface area (Å²) in [5, 5.41) is 1.21. The van der Waals surface area contributed by atoms with E-state index in [-0.39, 0.29) is 0 Å². The smallest absolute Gasteiger partial charge is 0.0705 e. The minimum absolute atomic E-state index is 0.504. The normalized spacial score (nSPS) is 12.3. The zero-order chi connectivity index (χ0) is 21.1. The van der Waals surface area contributed by atoms with E-state index in [2.05, 4.69) is 99.4 Å². The summed E-state index contributed by atoms with van der Waals surface area (Å²) in [4.78, 5) is 10.2. The standard InChI is InChI=1S/C15H14S2.C12H13N/c1-10(2)11-6-5-9-14-15(11)17-13-8-4-3-7-12(13)16-14;1-9(2)11-8-7-10-5-3-4-6-12(10)13-11/h3-10H,1-2H3;3-9H,1-2H3. The number of hydrogen-bond acceptors (Lipinski definition) is 3. The molecule has 0 unspecified atom stereocenters. The fourth-order valence-electron chi connectivity index (χ4n) is 3.43. The Bertz CT molecular complexity index is 1160. The second-order valence-corrected chi connectivity index (χ2v) is 10.2. The second kappa shape index (κ2) is 9.28. The van der Waals surface area contributed by atoms with Gasteiger partial charge in [-0.25, -0.2) is 0 Å². The van der Waals surface area contributed by atoms with Crippen LogP contribution in [0, 0.1) is 0 Å². The molecule has 1 nitrogen and oxygen atoms in total. The lowest BCUT2D eigenvalue weighted by Gasteiger charge is -2.22. The molecule has 1 aliphatic heterocycles. The van der Waals surface area contributed by atoms with Crippen LogP contribution in [0.4, 0.5) is 0 Å². The summed E-state index contributed by atoms with van der Waals surface area (Å²) >= 11 is 3.81. The van der Waals surface area contributed by atoms with Crippen molar-refractivity contribution in [2.75, 3.05) is 0 Å². The molecule has 0 saturated heterocycles. The van der Waals surface area contributed by atoms with Gasteiger partial charge in [-0.2, -0.15) is 0 Å². The van der Waals surface area contributed by atoms with E-state index in [1.165, 1.54) is 36.2 Å². The van der Waals surface area contributed by atoms with Crippen molar-refractivity contribution < 1.29 is 0 Å². The zero-order valence-corrected chi connectivity index (χ0v) is 19.6. The lowest BCUT2D eigenvalue weighted by molar-refractivity contribution is 0.828. The van der Waals surface area contributed by atoms with E-state index in [0.717, 1.165) is 5.52 Å². The minimum atomic E-state index is 0.504. The Morgan fingerprint density at radius 2 is 1.27 bits per heavy atom. The van der Waals surface area contributed by atoms with E-state index >= 15 is 0 Å². The first-order valence-electron chi connectivity index (χ1n) is 10.5. The predicted octanol–water partition coefficient (Wildman–Crippen LogP) is 8.78. The lowest BCUT2D eigenvalue weighted by Crippen LogP contribution is -1.96. The molecule has 0 N–H and O–H groups in total. The fraction of sp³-hybridized carbons (Fsp3) is 0.222. The summed E-state index contributed by atoms with van der Waals surface area (Å²) in [5.74, 6) is 1.09. The third kappa shape index (κ3) is 4.58. The molecule has 4 aromatic rings. The highest BCUT2D eigenvalue weighted by Gasteiger charge is 2.20. The van der Waals surface area contributed by atoms with Gasteiger partial charge < -0.3 is 0 Å². The maximum atomic E-state index is 4.57. The second-order valence-electron chi connectivity index (χ2n) is 8.06. The molecule has 1 aliphatic rings. The Hall–Kier alpha value is -2.23. The van der Waals surface area contributed by atoms with Gasteiger partial charge in [0.1, 0.15) is 0 Å². The molecule has 3 heteroatoms. The summed E-state index contributed by atoms with van der Waals surface area (Å²) in [5.41, 5.74) is 3.72. The van der Waals surface area contributed by atoms with Crippen molar-refractivity contribution in [3.05, 3.63) is 90.1 Å². The van der Waals surface area contributed by atoms with Crippen molar-refractivity contribution >= 4 is 34.4 Å². The van der Waals surface area contributed by atoms with Crippen LogP contribution in [0.25, 0.3) is 10.9 Å². The first-order valence-corrected chi connectivity index (χ1v) is 12.1. The van der Waals surface area contributed by atoms with E-state index in [4.69, 9.17) is 0 Å². The Morgan fingerprint density at radius 1 is 0.600 bits per heavy atom. The van der Waals surface area contributed by atoms with Gasteiger partial charge in [-0.1, -0.05) is 99.7 Å². The highest BCUT2D eigenvalue weighted by atomic mass is 32.2. The van der Waals surface area contributed by atoms with Gasteiger partial charge in [0.2, 0.25) is 0 Å². The van der Waals surface area contributed by atoms with Crippen LogP contribution in [0.5, 0.6) is 0 Å². The first kappa shape index (κ1) is 21.0. The molecular formula is C27H27NS2. The molecule has 0 fully saturated rings. The molecule has 0 saturated carbocycles. The van der Waals surface area contributed by atoms with Crippen molar-refractivity contribution in [2.45, 2.75) is 59.1 Å². The molecular weight excluding hydrogens is 402 g/mol. The van der Waals surface area contributed by atoms with Gasteiger partial charge in [0.05, 0.1) is 5.52 Å². The van der Waals surface area contributed by atoms with Crippen LogP contribution in [-0.2, 0) is 0 Å². The highest BCUT2D eigenvalue weighted by Crippen LogP contribution is 2.50. The summed E-state index contributed by atoms with van der Waals surface area (Å²) < 4.78 is 0. The van der Waals surface area contributed by atoms with Gasteiger partial charge in [0.25, 0.3) is 0 Å². The van der Waals surface area contributed by atoms with Crippen molar-refractivity contribution in [1.82, 2.24) is 4.98 Å². The van der Waals surface area contributed by atoms with E-state index in [1.54, 1.807) is 0 Å². The Morgan fingerprint density at radius 3 is 2.00 bits per heavy atom. The van der Waals surface area contributed by atoms with Crippen molar-refractivity contribution in [3.63, 3.8) is 0 Å². The van der Waals surface area contributed by atoms with Crippen LogP contribution in [0.3, 0.4) is 0 Å². The largest absolute Gasteiger partial charge is 0.253 e. The van der Waals surface area contributed by atoms with Crippen molar-refractivity contribution in [1.29, 1.82) is 0 Å². The number of aromatic nitrogens is 1. The van der Waals surface area contributed by atoms with Crippen molar-refractivity contribution in [3.8, 4) is 0 Å². The molecule has 152 valence electrons. The minimum Gasteiger partial charge on any atom is -0.253 e. The van der Waals surface area contributed by atoms with Crippen LogP contribution >= 0.6 is 23.5 Å². The first-order chi connectivity index (χ1) is 14.5. The quantitative estimate of drug-likeness (QED) is 0.278. The van der Waals surface area contributed by atoms with Gasteiger partial charge in [-0.3, -0.25) is 4.98 Å². The number of hydrogen-bond donors (Lipinski definition) is 0. The molecule has 3 aromatic carbocycles. The van der Waals surface area contributed by atoms with Crippen LogP contribution < -0.4 is 0 Å². The molecule has 5 rings (SSSR count). The maximum Gasteiger partial charge on any atom is 0.0705 e. The molecule has 0 amide bonds. The number of para-hydroxylation sites is 1. The zero-order valence-electron chi connectivity index (χ0n) is 17.9. The molecule has 1 aromatic heterocycles. The summed E-state index contributed by atoms with van der Waals surface area (Å²) in [6, 6.07) is 27.8. The SMILES string of the molecule is CC(C)c1ccc2ccccc2n1.CC(C)c1cccc2c1Sc1ccccc1S2. The topological polar surface area (TPSA) is 12.9 Å². The van der Waals surface area contributed by atoms with E-state index in [1.807, 2.05) is 35.7 Å². The highest BCUT2D eigenvalue weighted by molar-refractivity contribution is 8.05. The van der Waals surface area contributed by atoms with Crippen LogP contribution in [0.15, 0.2) is 98.4 Å². The Labute approximate surface area is 188 Å². The van der Waals surface area contributed by atoms with Gasteiger partial charge in [-0.15, -0.1) is 0 Å². The maximum absolute atomic E-state index is 4.57. The summed E-state index contributed by atoms with van der Waals surface area (Å²) in [6.45, 7) is 8.86. The molecule has 0 radical (unpaired) electrons. The molecule has 30 heavy (non-hydrogen) atoms.